The summed E-state index contributed by atoms with van der Waals surface area (Å²) >= 11 is 1.89. The normalized spacial score (nSPS) is 14.1. The van der Waals surface area contributed by atoms with Crippen LogP contribution in [0.15, 0.2) is 156 Å². The molecule has 1 aliphatic carbocycles. The number of rotatable bonds is 5. The van der Waals surface area contributed by atoms with E-state index in [2.05, 4.69) is 166 Å². The molecular formula is C47H34OS. The van der Waals surface area contributed by atoms with Crippen molar-refractivity contribution in [1.82, 2.24) is 0 Å². The SMILES string of the molecule is CC1(C)c2ccccc2-c2c(C(Cc3ccc(-c4cccc5c4sc4ccccc45)cc3)c3cccc4oc5ccccc5c34)cccc21. The van der Waals surface area contributed by atoms with Crippen molar-refractivity contribution in [3.05, 3.63) is 179 Å². The first-order valence-electron chi connectivity index (χ1n) is 17.2. The lowest BCUT2D eigenvalue weighted by atomic mass is 9.78. The fourth-order valence-electron chi connectivity index (χ4n) is 8.58. The molecule has 0 N–H and O–H groups in total. The van der Waals surface area contributed by atoms with Gasteiger partial charge in [-0.05, 0) is 74.7 Å². The first-order chi connectivity index (χ1) is 24.1. The highest BCUT2D eigenvalue weighted by Gasteiger charge is 2.38. The summed E-state index contributed by atoms with van der Waals surface area (Å²) in [7, 11) is 0. The Balaban J connectivity index is 1.14. The van der Waals surface area contributed by atoms with Crippen LogP contribution >= 0.6 is 11.3 Å². The highest BCUT2D eigenvalue weighted by atomic mass is 32.1. The van der Waals surface area contributed by atoms with Gasteiger partial charge in [0.1, 0.15) is 11.2 Å². The molecule has 0 spiro atoms. The molecule has 0 radical (unpaired) electrons. The van der Waals surface area contributed by atoms with Crippen molar-refractivity contribution < 1.29 is 4.42 Å². The van der Waals surface area contributed by atoms with Crippen molar-refractivity contribution in [1.29, 1.82) is 0 Å². The molecule has 1 atom stereocenters. The Labute approximate surface area is 290 Å². The minimum Gasteiger partial charge on any atom is -0.456 e. The Bertz CT molecular complexity index is 2720. The molecule has 49 heavy (non-hydrogen) atoms. The summed E-state index contributed by atoms with van der Waals surface area (Å²) in [6.07, 6.45) is 0.880. The maximum Gasteiger partial charge on any atom is 0.135 e. The largest absolute Gasteiger partial charge is 0.456 e. The molecule has 0 aliphatic heterocycles. The zero-order chi connectivity index (χ0) is 32.7. The van der Waals surface area contributed by atoms with Crippen LogP contribution < -0.4 is 0 Å². The molecule has 0 saturated heterocycles. The second-order valence-electron chi connectivity index (χ2n) is 14.0. The summed E-state index contributed by atoms with van der Waals surface area (Å²) in [5.74, 6) is 0.124. The average Bonchev–Trinajstić information content (AvgIpc) is 3.79. The van der Waals surface area contributed by atoms with Crippen LogP contribution in [0.4, 0.5) is 0 Å². The Morgan fingerprint density at radius 1 is 0.551 bits per heavy atom. The van der Waals surface area contributed by atoms with Gasteiger partial charge in [0, 0.05) is 42.3 Å². The van der Waals surface area contributed by atoms with Gasteiger partial charge in [0.25, 0.3) is 0 Å². The van der Waals surface area contributed by atoms with E-state index in [0.29, 0.717) is 0 Å². The van der Waals surface area contributed by atoms with Gasteiger partial charge in [-0.1, -0.05) is 147 Å². The number of hydrogen-bond acceptors (Lipinski definition) is 2. The van der Waals surface area contributed by atoms with E-state index in [1.165, 1.54) is 81.0 Å². The van der Waals surface area contributed by atoms with Gasteiger partial charge in [-0.3, -0.25) is 0 Å². The number of para-hydroxylation sites is 1. The summed E-state index contributed by atoms with van der Waals surface area (Å²) in [6, 6.07) is 55.9. The van der Waals surface area contributed by atoms with Crippen LogP contribution in [-0.4, -0.2) is 0 Å². The summed E-state index contributed by atoms with van der Waals surface area (Å²) < 4.78 is 9.13. The first-order valence-corrected chi connectivity index (χ1v) is 18.0. The molecule has 1 unspecified atom stereocenters. The highest BCUT2D eigenvalue weighted by Crippen LogP contribution is 2.53. The zero-order valence-electron chi connectivity index (χ0n) is 27.5. The molecule has 10 rings (SSSR count). The van der Waals surface area contributed by atoms with E-state index < -0.39 is 0 Å². The lowest BCUT2D eigenvalue weighted by molar-refractivity contribution is 0.659. The lowest BCUT2D eigenvalue weighted by Gasteiger charge is -2.25. The minimum atomic E-state index is -0.0594. The molecule has 0 saturated carbocycles. The quantitative estimate of drug-likeness (QED) is 0.181. The molecule has 0 fully saturated rings. The molecule has 234 valence electrons. The molecule has 2 heterocycles. The van der Waals surface area contributed by atoms with E-state index >= 15 is 0 Å². The van der Waals surface area contributed by atoms with Gasteiger partial charge in [-0.15, -0.1) is 11.3 Å². The van der Waals surface area contributed by atoms with Gasteiger partial charge >= 0.3 is 0 Å². The second kappa shape index (κ2) is 10.8. The third kappa shape index (κ3) is 4.30. The molecular weight excluding hydrogens is 613 g/mol. The van der Waals surface area contributed by atoms with E-state index in [1.54, 1.807) is 0 Å². The maximum atomic E-state index is 6.43. The van der Waals surface area contributed by atoms with Crippen molar-refractivity contribution in [2.45, 2.75) is 31.6 Å². The predicted molar refractivity (Wildman–Crippen MR) is 208 cm³/mol. The van der Waals surface area contributed by atoms with Crippen LogP contribution in [-0.2, 0) is 11.8 Å². The Kier molecular flexibility index (Phi) is 6.29. The summed E-state index contributed by atoms with van der Waals surface area (Å²) in [5.41, 5.74) is 14.0. The molecule has 0 bridgehead atoms. The van der Waals surface area contributed by atoms with Gasteiger partial charge in [0.05, 0.1) is 0 Å². The molecule has 2 aromatic heterocycles. The van der Waals surface area contributed by atoms with E-state index in [-0.39, 0.29) is 11.3 Å². The molecule has 1 aliphatic rings. The van der Waals surface area contributed by atoms with Gasteiger partial charge in [0.15, 0.2) is 0 Å². The number of thiophene rings is 1. The van der Waals surface area contributed by atoms with Gasteiger partial charge in [0.2, 0.25) is 0 Å². The lowest BCUT2D eigenvalue weighted by Crippen LogP contribution is -2.15. The predicted octanol–water partition coefficient (Wildman–Crippen LogP) is 13.3. The fourth-order valence-corrected chi connectivity index (χ4v) is 9.82. The van der Waals surface area contributed by atoms with Crippen molar-refractivity contribution in [2.24, 2.45) is 0 Å². The first kappa shape index (κ1) is 28.6. The number of fused-ring (bicyclic) bond motifs is 9. The topological polar surface area (TPSA) is 13.1 Å². The van der Waals surface area contributed by atoms with E-state index in [4.69, 9.17) is 4.42 Å². The fraction of sp³-hybridized carbons (Fsp3) is 0.106. The highest BCUT2D eigenvalue weighted by molar-refractivity contribution is 7.26. The summed E-state index contributed by atoms with van der Waals surface area (Å²) in [5, 5.41) is 5.08. The van der Waals surface area contributed by atoms with Crippen LogP contribution in [0.3, 0.4) is 0 Å². The minimum absolute atomic E-state index is 0.0594. The van der Waals surface area contributed by atoms with E-state index in [0.717, 1.165) is 17.6 Å². The molecule has 1 nitrogen and oxygen atoms in total. The van der Waals surface area contributed by atoms with Crippen LogP contribution in [0, 0.1) is 0 Å². The third-order valence-electron chi connectivity index (χ3n) is 10.9. The molecule has 0 amide bonds. The van der Waals surface area contributed by atoms with Gasteiger partial charge < -0.3 is 4.42 Å². The van der Waals surface area contributed by atoms with Gasteiger partial charge in [-0.25, -0.2) is 0 Å². The Morgan fingerprint density at radius 2 is 1.20 bits per heavy atom. The average molecular weight is 647 g/mol. The number of hydrogen-bond donors (Lipinski definition) is 0. The molecule has 9 aromatic rings. The van der Waals surface area contributed by atoms with Crippen molar-refractivity contribution in [2.75, 3.05) is 0 Å². The van der Waals surface area contributed by atoms with Gasteiger partial charge in [-0.2, -0.15) is 0 Å². The van der Waals surface area contributed by atoms with Crippen molar-refractivity contribution in [3.8, 4) is 22.3 Å². The maximum absolute atomic E-state index is 6.43. The monoisotopic (exact) mass is 646 g/mol. The molecule has 2 heteroatoms. The standard InChI is InChI=1S/C47H34OS/c1-47(2)39-19-6-3-13-36(39)44-33(16-10-20-40(44)47)38(34-17-11-22-42-45(34)37-14-4-7-21-41(37)48-42)28-29-24-26-30(27-25-29)31-15-9-18-35-32-12-5-8-23-43(32)49-46(31)35/h3-27,38H,28H2,1-2H3. The Hall–Kier alpha value is -5.44. The van der Waals surface area contributed by atoms with Crippen molar-refractivity contribution >= 4 is 53.4 Å². The number of furan rings is 1. The molecule has 7 aromatic carbocycles. The second-order valence-corrected chi connectivity index (χ2v) is 15.0. The van der Waals surface area contributed by atoms with E-state index in [9.17, 15) is 0 Å². The Morgan fingerprint density at radius 3 is 2.10 bits per heavy atom. The third-order valence-corrected chi connectivity index (χ3v) is 12.2. The smallest absolute Gasteiger partial charge is 0.135 e. The summed E-state index contributed by atoms with van der Waals surface area (Å²) in [6.45, 7) is 4.74. The summed E-state index contributed by atoms with van der Waals surface area (Å²) in [4.78, 5) is 0. The van der Waals surface area contributed by atoms with Crippen LogP contribution in [0.1, 0.15) is 47.6 Å². The van der Waals surface area contributed by atoms with Crippen LogP contribution in [0.25, 0.3) is 64.4 Å². The van der Waals surface area contributed by atoms with Crippen LogP contribution in [0.2, 0.25) is 0 Å². The number of benzene rings is 7. The van der Waals surface area contributed by atoms with E-state index in [1.807, 2.05) is 11.3 Å². The van der Waals surface area contributed by atoms with Crippen LogP contribution in [0.5, 0.6) is 0 Å². The zero-order valence-corrected chi connectivity index (χ0v) is 28.4. The van der Waals surface area contributed by atoms with Crippen molar-refractivity contribution in [3.63, 3.8) is 0 Å².